The summed E-state index contributed by atoms with van der Waals surface area (Å²) in [6.45, 7) is 5.54. The maximum Gasteiger partial charge on any atom is 0.255 e. The van der Waals surface area contributed by atoms with Crippen LogP contribution in [0.3, 0.4) is 0 Å². The molecule has 2 aromatic carbocycles. The van der Waals surface area contributed by atoms with Crippen LogP contribution in [0, 0.1) is 18.8 Å². The first-order valence-electron chi connectivity index (χ1n) is 10.4. The zero-order valence-corrected chi connectivity index (χ0v) is 20.4. The number of carbonyl (C=O) groups excluding carboxylic acids is 1. The Bertz CT molecular complexity index is 1080. The Hall–Kier alpha value is -2.10. The minimum Gasteiger partial charge on any atom is -0.294 e. The number of thiol groups is 1. The van der Waals surface area contributed by atoms with Crippen LogP contribution >= 0.6 is 0 Å². The number of hydrogen-bond acceptors (Lipinski definition) is 5. The van der Waals surface area contributed by atoms with Gasteiger partial charge in [-0.05, 0) is 39.3 Å². The number of benzene rings is 2. The van der Waals surface area contributed by atoms with Crippen LogP contribution in [-0.2, 0) is 20.9 Å². The van der Waals surface area contributed by atoms with Crippen LogP contribution in [0.1, 0.15) is 49.5 Å². The lowest BCUT2D eigenvalue weighted by molar-refractivity contribution is 0.0531. The van der Waals surface area contributed by atoms with E-state index in [4.69, 9.17) is 0 Å². The summed E-state index contributed by atoms with van der Waals surface area (Å²) in [6, 6.07) is 13.9. The minimum atomic E-state index is -4.44. The van der Waals surface area contributed by atoms with Gasteiger partial charge >= 0.3 is 0 Å². The van der Waals surface area contributed by atoms with Crippen LogP contribution in [0.5, 0.6) is 0 Å². The van der Waals surface area contributed by atoms with E-state index in [-0.39, 0.29) is 14.4 Å². The summed E-state index contributed by atoms with van der Waals surface area (Å²) in [5.41, 5.74) is -0.678. The molecule has 0 bridgehead atoms. The van der Waals surface area contributed by atoms with Crippen molar-refractivity contribution in [2.24, 2.45) is 11.8 Å². The Labute approximate surface area is 191 Å². The van der Waals surface area contributed by atoms with Gasteiger partial charge < -0.3 is 0 Å². The predicted octanol–water partition coefficient (Wildman–Crippen LogP) is 4.18. The molecule has 0 fully saturated rings. The van der Waals surface area contributed by atoms with Gasteiger partial charge in [-0.3, -0.25) is 4.79 Å². The van der Waals surface area contributed by atoms with Crippen LogP contribution in [-0.4, -0.2) is 38.5 Å². The summed E-state index contributed by atoms with van der Waals surface area (Å²) in [5.74, 6) is -2.41. The number of hydrogen-bond donors (Lipinski definition) is 1. The van der Waals surface area contributed by atoms with E-state index < -0.39 is 45.0 Å². The number of nitrogens with zero attached hydrogens (tertiary/aromatic N) is 1. The molecule has 0 saturated carbocycles. The molecular weight excluding hydrogens is 453 g/mol. The van der Waals surface area contributed by atoms with Crippen LogP contribution in [0.4, 0.5) is 4.39 Å². The lowest BCUT2D eigenvalue weighted by Crippen LogP contribution is -2.46. The third-order valence-electron chi connectivity index (χ3n) is 5.49. The highest BCUT2D eigenvalue weighted by Gasteiger charge is 2.43. The number of alkyl halides is 1. The predicted molar refractivity (Wildman–Crippen MR) is 123 cm³/mol. The maximum atomic E-state index is 15.4. The van der Waals surface area contributed by atoms with E-state index in [2.05, 4.69) is 0 Å². The fourth-order valence-corrected chi connectivity index (χ4v) is 6.11. The van der Waals surface area contributed by atoms with Gasteiger partial charge in [0, 0.05) is 23.9 Å². The van der Waals surface area contributed by atoms with E-state index in [0.717, 1.165) is 5.56 Å². The van der Waals surface area contributed by atoms with Crippen LogP contribution in [0.25, 0.3) is 0 Å². The average molecular weight is 484 g/mol. The monoisotopic (exact) mass is 483 g/mol. The molecular formula is C23H30FNO5S2. The summed E-state index contributed by atoms with van der Waals surface area (Å²) in [6.07, 6.45) is 0.837. The van der Waals surface area contributed by atoms with Crippen molar-refractivity contribution in [1.29, 1.82) is 0 Å². The van der Waals surface area contributed by atoms with Crippen molar-refractivity contribution >= 4 is 26.7 Å². The summed E-state index contributed by atoms with van der Waals surface area (Å²) < 4.78 is 65.8. The molecule has 0 spiro atoms. The Morgan fingerprint density at radius 2 is 1.62 bits per heavy atom. The zero-order valence-electron chi connectivity index (χ0n) is 18.7. The molecule has 6 nitrogen and oxygen atoms in total. The van der Waals surface area contributed by atoms with Gasteiger partial charge in [-0.2, -0.15) is 0 Å². The Kier molecular flexibility index (Phi) is 8.73. The molecule has 32 heavy (non-hydrogen) atoms. The largest absolute Gasteiger partial charge is 0.294 e. The number of aryl methyl sites for hydroxylation is 1. The molecule has 2 unspecified atom stereocenters. The highest BCUT2D eigenvalue weighted by Crippen LogP contribution is 2.35. The van der Waals surface area contributed by atoms with Crippen LogP contribution in [0.15, 0.2) is 59.5 Å². The van der Waals surface area contributed by atoms with Gasteiger partial charge in [0.05, 0.1) is 4.90 Å². The molecule has 0 saturated heterocycles. The highest BCUT2D eigenvalue weighted by molar-refractivity contribution is 7.97. The number of sulfonamides is 1. The number of ketones is 1. The quantitative estimate of drug-likeness (QED) is 0.383. The van der Waals surface area contributed by atoms with E-state index >= 15 is 4.39 Å². The van der Waals surface area contributed by atoms with E-state index in [1.54, 1.807) is 30.3 Å². The molecule has 9 heteroatoms. The van der Waals surface area contributed by atoms with E-state index in [1.807, 2.05) is 13.8 Å². The fourth-order valence-electron chi connectivity index (χ4n) is 3.72. The topological polar surface area (TPSA) is 88.6 Å². The number of carbonyl (C=O) groups is 1. The van der Waals surface area contributed by atoms with Gasteiger partial charge in [0.1, 0.15) is 5.67 Å². The first kappa shape index (κ1) is 26.2. The van der Waals surface area contributed by atoms with Gasteiger partial charge in [0.2, 0.25) is 10.9 Å². The summed E-state index contributed by atoms with van der Waals surface area (Å²) in [5, 5.41) is 0. The normalized spacial score (nSPS) is 14.5. The third-order valence-corrected chi connectivity index (χ3v) is 8.64. The molecule has 0 amide bonds. The number of rotatable bonds is 11. The summed E-state index contributed by atoms with van der Waals surface area (Å²) >= 11 is 0. The van der Waals surface area contributed by atoms with Gasteiger partial charge in [0.15, 0.2) is 5.78 Å². The zero-order chi connectivity index (χ0) is 24.1. The molecule has 0 aliphatic rings. The second-order valence-electron chi connectivity index (χ2n) is 8.36. The van der Waals surface area contributed by atoms with Crippen molar-refractivity contribution in [3.8, 4) is 0 Å². The average Bonchev–Trinajstić information content (AvgIpc) is 2.72. The minimum absolute atomic E-state index is 0.216. The first-order chi connectivity index (χ1) is 14.9. The van der Waals surface area contributed by atoms with Gasteiger partial charge in [-0.1, -0.05) is 65.1 Å². The lowest BCUT2D eigenvalue weighted by Gasteiger charge is -2.35. The van der Waals surface area contributed by atoms with Gasteiger partial charge in [0.25, 0.3) is 10.0 Å². The smallest absolute Gasteiger partial charge is 0.255 e. The second kappa shape index (κ2) is 10.7. The fraction of sp³-hybridized carbons (Fsp3) is 0.435. The lowest BCUT2D eigenvalue weighted by atomic mass is 9.75. The van der Waals surface area contributed by atoms with E-state index in [9.17, 15) is 21.6 Å². The van der Waals surface area contributed by atoms with Crippen molar-refractivity contribution < 1.29 is 26.0 Å². The van der Waals surface area contributed by atoms with Crippen molar-refractivity contribution in [2.45, 2.75) is 51.1 Å². The molecule has 0 radical (unpaired) electrons. The second-order valence-corrected chi connectivity index (χ2v) is 11.4. The van der Waals surface area contributed by atoms with Crippen molar-refractivity contribution in [3.05, 3.63) is 65.7 Å². The molecule has 0 aliphatic heterocycles. The standard InChI is InChI=1S/C23H30FNO5S2/c1-5-9-20(22(26)18-14-12-17(2)13-15-18)21(23(3,4)24)16-25(31(27)28)32(29,30)19-10-7-6-8-11-19/h6-8,10-15,20-21,31H,5,9,16H2,1-4H3. The third kappa shape index (κ3) is 6.24. The molecule has 0 N–H and O–H groups in total. The molecule has 2 aromatic rings. The van der Waals surface area contributed by atoms with Gasteiger partial charge in [-0.15, -0.1) is 0 Å². The molecule has 0 heterocycles. The molecule has 176 valence electrons. The van der Waals surface area contributed by atoms with Crippen molar-refractivity contribution in [2.75, 3.05) is 6.54 Å². The van der Waals surface area contributed by atoms with Crippen molar-refractivity contribution in [3.63, 3.8) is 0 Å². The van der Waals surface area contributed by atoms with Crippen molar-refractivity contribution in [1.82, 2.24) is 3.71 Å². The Morgan fingerprint density at radius 3 is 2.09 bits per heavy atom. The number of Topliss-reactive ketones (excluding diaryl/α,β-unsaturated/α-hetero) is 1. The highest BCUT2D eigenvalue weighted by atomic mass is 32.3. The molecule has 2 atom stereocenters. The SMILES string of the molecule is CCCC(C(=O)c1ccc(C)cc1)C(CN([SH](=O)=O)S(=O)(=O)c1ccccc1)C(C)(C)F. The maximum absolute atomic E-state index is 15.4. The van der Waals surface area contributed by atoms with E-state index in [1.165, 1.54) is 38.1 Å². The molecule has 0 aliphatic carbocycles. The Balaban J connectivity index is 2.52. The summed E-state index contributed by atoms with van der Waals surface area (Å²) in [7, 11) is -8.04. The van der Waals surface area contributed by atoms with Crippen LogP contribution in [0.2, 0.25) is 0 Å². The van der Waals surface area contributed by atoms with Gasteiger partial charge in [-0.25, -0.2) is 21.2 Å². The molecule has 2 rings (SSSR count). The van der Waals surface area contributed by atoms with E-state index in [0.29, 0.717) is 18.4 Å². The van der Waals surface area contributed by atoms with Crippen LogP contribution < -0.4 is 0 Å². The Morgan fingerprint density at radius 1 is 1.06 bits per heavy atom. The number of halogens is 1. The summed E-state index contributed by atoms with van der Waals surface area (Å²) in [4.78, 5) is 13.1. The first-order valence-corrected chi connectivity index (χ1v) is 13.0. The molecule has 0 aromatic heterocycles.